The third-order valence-electron chi connectivity index (χ3n) is 3.93. The highest BCUT2D eigenvalue weighted by molar-refractivity contribution is 7.89. The summed E-state index contributed by atoms with van der Waals surface area (Å²) in [5.74, 6) is 0. The van der Waals surface area contributed by atoms with Gasteiger partial charge in [0.05, 0.1) is 12.3 Å². The number of anilines is 1. The van der Waals surface area contributed by atoms with Crippen LogP contribution in [0.1, 0.15) is 26.7 Å². The largest absolute Gasteiger partial charge is 0.396 e. The molecule has 114 valence electrons. The summed E-state index contributed by atoms with van der Waals surface area (Å²) in [5.41, 5.74) is 0.331. The van der Waals surface area contributed by atoms with E-state index in [0.717, 1.165) is 12.8 Å². The molecule has 0 atom stereocenters. The van der Waals surface area contributed by atoms with E-state index in [1.807, 2.05) is 13.8 Å². The van der Waals surface area contributed by atoms with Gasteiger partial charge in [0.15, 0.2) is 0 Å². The van der Waals surface area contributed by atoms with Crippen molar-refractivity contribution in [2.24, 2.45) is 5.41 Å². The topological polar surface area (TPSA) is 78.4 Å². The molecule has 1 aromatic carbocycles. The van der Waals surface area contributed by atoms with Crippen molar-refractivity contribution in [3.8, 4) is 0 Å². The van der Waals surface area contributed by atoms with Gasteiger partial charge in [-0.2, -0.15) is 0 Å². The van der Waals surface area contributed by atoms with Crippen LogP contribution in [0.3, 0.4) is 0 Å². The van der Waals surface area contributed by atoms with Crippen LogP contribution in [0.5, 0.6) is 0 Å². The summed E-state index contributed by atoms with van der Waals surface area (Å²) in [7, 11) is -2.10. The highest BCUT2D eigenvalue weighted by atomic mass is 32.2. The molecule has 0 bridgehead atoms. The van der Waals surface area contributed by atoms with E-state index in [2.05, 4.69) is 10.0 Å². The summed E-state index contributed by atoms with van der Waals surface area (Å²) in [6, 6.07) is 6.77. The Labute approximate surface area is 121 Å². The van der Waals surface area contributed by atoms with Crippen LogP contribution in [0.4, 0.5) is 5.69 Å². The number of nitrogens with one attached hydrogen (secondary N) is 2. The number of para-hydroxylation sites is 1. The molecule has 1 aromatic rings. The van der Waals surface area contributed by atoms with E-state index in [1.54, 1.807) is 24.3 Å². The molecule has 0 aromatic heterocycles. The van der Waals surface area contributed by atoms with E-state index < -0.39 is 10.0 Å². The summed E-state index contributed by atoms with van der Waals surface area (Å²) < 4.78 is 26.2. The van der Waals surface area contributed by atoms with E-state index in [9.17, 15) is 13.5 Å². The molecule has 0 unspecified atom stereocenters. The third-order valence-corrected chi connectivity index (χ3v) is 5.41. The molecule has 20 heavy (non-hydrogen) atoms. The Morgan fingerprint density at radius 1 is 1.20 bits per heavy atom. The maximum atomic E-state index is 12.0. The lowest BCUT2D eigenvalue weighted by Crippen LogP contribution is -2.33. The second kappa shape index (κ2) is 7.06. The lowest BCUT2D eigenvalue weighted by molar-refractivity contribution is 0.127. The van der Waals surface area contributed by atoms with Crippen LogP contribution in [-0.4, -0.2) is 33.7 Å². The highest BCUT2D eigenvalue weighted by Gasteiger charge is 2.26. The van der Waals surface area contributed by atoms with Gasteiger partial charge in [0.25, 0.3) is 0 Å². The molecule has 1 rings (SSSR count). The van der Waals surface area contributed by atoms with Gasteiger partial charge in [-0.3, -0.25) is 0 Å². The van der Waals surface area contributed by atoms with Crippen LogP contribution in [0.15, 0.2) is 29.2 Å². The zero-order valence-corrected chi connectivity index (χ0v) is 13.1. The molecule has 5 nitrogen and oxygen atoms in total. The fourth-order valence-electron chi connectivity index (χ4n) is 2.02. The maximum absolute atomic E-state index is 12.0. The minimum Gasteiger partial charge on any atom is -0.396 e. The van der Waals surface area contributed by atoms with Crippen molar-refractivity contribution in [2.75, 3.05) is 25.5 Å². The van der Waals surface area contributed by atoms with Crippen LogP contribution < -0.4 is 10.0 Å². The van der Waals surface area contributed by atoms with Gasteiger partial charge in [-0.1, -0.05) is 26.0 Å². The van der Waals surface area contributed by atoms with E-state index in [1.165, 1.54) is 7.05 Å². The lowest BCUT2D eigenvalue weighted by Gasteiger charge is -2.30. The monoisotopic (exact) mass is 300 g/mol. The minimum atomic E-state index is -3.49. The molecule has 0 amide bonds. The first kappa shape index (κ1) is 16.9. The molecular weight excluding hydrogens is 276 g/mol. The average molecular weight is 300 g/mol. The standard InChI is InChI=1S/C14H24N2O3S/c1-4-14(5-2,11-17)10-16-12-8-6-7-9-13(12)20(18,19)15-3/h6-9,15-17H,4-5,10-11H2,1-3H3. The summed E-state index contributed by atoms with van der Waals surface area (Å²) >= 11 is 0. The van der Waals surface area contributed by atoms with E-state index >= 15 is 0 Å². The molecule has 0 aliphatic carbocycles. The van der Waals surface area contributed by atoms with Gasteiger partial charge in [-0.15, -0.1) is 0 Å². The van der Waals surface area contributed by atoms with Gasteiger partial charge >= 0.3 is 0 Å². The summed E-state index contributed by atoms with van der Waals surface area (Å²) in [6.07, 6.45) is 1.65. The van der Waals surface area contributed by atoms with Gasteiger partial charge in [-0.05, 0) is 32.0 Å². The number of aliphatic hydroxyl groups excluding tert-OH is 1. The molecule has 0 spiro atoms. The maximum Gasteiger partial charge on any atom is 0.242 e. The van der Waals surface area contributed by atoms with Crippen molar-refractivity contribution in [1.82, 2.24) is 4.72 Å². The normalized spacial score (nSPS) is 12.4. The van der Waals surface area contributed by atoms with Gasteiger partial charge in [0.2, 0.25) is 10.0 Å². The average Bonchev–Trinajstić information content (AvgIpc) is 2.49. The minimum absolute atomic E-state index is 0.0773. The number of sulfonamides is 1. The molecule has 0 fully saturated rings. The van der Waals surface area contributed by atoms with E-state index in [4.69, 9.17) is 0 Å². The number of rotatable bonds is 8. The Morgan fingerprint density at radius 2 is 1.80 bits per heavy atom. The molecule has 0 radical (unpaired) electrons. The van der Waals surface area contributed by atoms with Crippen molar-refractivity contribution in [3.05, 3.63) is 24.3 Å². The number of aliphatic hydroxyl groups is 1. The third kappa shape index (κ3) is 3.71. The number of benzene rings is 1. The molecular formula is C14H24N2O3S. The Bertz CT molecular complexity index is 517. The molecule has 6 heteroatoms. The Balaban J connectivity index is 3.00. The highest BCUT2D eigenvalue weighted by Crippen LogP contribution is 2.28. The smallest absolute Gasteiger partial charge is 0.242 e. The van der Waals surface area contributed by atoms with Crippen molar-refractivity contribution < 1.29 is 13.5 Å². The van der Waals surface area contributed by atoms with Gasteiger partial charge in [-0.25, -0.2) is 13.1 Å². The van der Waals surface area contributed by atoms with Crippen molar-refractivity contribution in [1.29, 1.82) is 0 Å². The fourth-order valence-corrected chi connectivity index (χ4v) is 2.93. The zero-order chi connectivity index (χ0) is 15.2. The molecule has 3 N–H and O–H groups in total. The molecule has 0 heterocycles. The predicted molar refractivity (Wildman–Crippen MR) is 81.3 cm³/mol. The van der Waals surface area contributed by atoms with E-state index in [0.29, 0.717) is 12.2 Å². The van der Waals surface area contributed by atoms with Gasteiger partial charge in [0.1, 0.15) is 4.90 Å². The Morgan fingerprint density at radius 3 is 2.30 bits per heavy atom. The molecule has 0 saturated heterocycles. The van der Waals surface area contributed by atoms with Crippen LogP contribution in [0.2, 0.25) is 0 Å². The van der Waals surface area contributed by atoms with Crippen molar-refractivity contribution >= 4 is 15.7 Å². The second-order valence-corrected chi connectivity index (χ2v) is 6.78. The van der Waals surface area contributed by atoms with Crippen molar-refractivity contribution in [2.45, 2.75) is 31.6 Å². The number of hydrogen-bond acceptors (Lipinski definition) is 4. The van der Waals surface area contributed by atoms with Gasteiger partial charge < -0.3 is 10.4 Å². The molecule has 0 aliphatic rings. The fraction of sp³-hybridized carbons (Fsp3) is 0.571. The predicted octanol–water partition coefficient (Wildman–Crippen LogP) is 1.81. The van der Waals surface area contributed by atoms with Crippen molar-refractivity contribution in [3.63, 3.8) is 0 Å². The van der Waals surface area contributed by atoms with Crippen LogP contribution in [-0.2, 0) is 10.0 Å². The van der Waals surface area contributed by atoms with Crippen LogP contribution >= 0.6 is 0 Å². The van der Waals surface area contributed by atoms with Crippen LogP contribution in [0, 0.1) is 5.41 Å². The Hall–Kier alpha value is -1.11. The first-order valence-electron chi connectivity index (χ1n) is 6.82. The summed E-state index contributed by atoms with van der Waals surface area (Å²) in [6.45, 7) is 4.66. The zero-order valence-electron chi connectivity index (χ0n) is 12.3. The van der Waals surface area contributed by atoms with Gasteiger partial charge in [0, 0.05) is 12.0 Å². The Kier molecular flexibility index (Phi) is 5.98. The molecule has 0 saturated carbocycles. The quantitative estimate of drug-likeness (QED) is 0.684. The second-order valence-electron chi connectivity index (χ2n) is 4.92. The van der Waals surface area contributed by atoms with E-state index in [-0.39, 0.29) is 16.9 Å². The van der Waals surface area contributed by atoms with Crippen LogP contribution in [0.25, 0.3) is 0 Å². The molecule has 0 aliphatic heterocycles. The first-order chi connectivity index (χ1) is 9.44. The SMILES string of the molecule is CCC(CC)(CO)CNc1ccccc1S(=O)(=O)NC. The number of hydrogen-bond donors (Lipinski definition) is 3. The summed E-state index contributed by atoms with van der Waals surface area (Å²) in [5, 5.41) is 12.7. The summed E-state index contributed by atoms with van der Waals surface area (Å²) in [4.78, 5) is 0.224. The first-order valence-corrected chi connectivity index (χ1v) is 8.30. The lowest BCUT2D eigenvalue weighted by atomic mass is 9.83.